The molecular formula is C24H23Cl2N3. The van der Waals surface area contributed by atoms with Gasteiger partial charge in [-0.25, -0.2) is 0 Å². The minimum atomic E-state index is 0.754. The highest BCUT2D eigenvalue weighted by Crippen LogP contribution is 2.35. The molecule has 1 atom stereocenters. The van der Waals surface area contributed by atoms with Crippen molar-refractivity contribution in [1.29, 1.82) is 0 Å². The topological polar surface area (TPSA) is 34.8 Å². The Morgan fingerprint density at radius 2 is 1.76 bits per heavy atom. The molecule has 0 amide bonds. The Kier molecular flexibility index (Phi) is 5.13. The first-order valence-corrected chi connectivity index (χ1v) is 10.9. The van der Waals surface area contributed by atoms with Crippen LogP contribution >= 0.6 is 23.2 Å². The third kappa shape index (κ3) is 3.83. The summed E-state index contributed by atoms with van der Waals surface area (Å²) in [4.78, 5) is 9.05. The maximum absolute atomic E-state index is 6.13. The van der Waals surface area contributed by atoms with Gasteiger partial charge in [-0.05, 0) is 73.8 Å². The molecular weight excluding hydrogens is 401 g/mol. The van der Waals surface area contributed by atoms with Crippen LogP contribution in [0.3, 0.4) is 0 Å². The van der Waals surface area contributed by atoms with E-state index in [2.05, 4.69) is 39.3 Å². The zero-order chi connectivity index (χ0) is 19.8. The lowest BCUT2D eigenvalue weighted by Gasteiger charge is -2.29. The second kappa shape index (κ2) is 7.91. The molecule has 2 aliphatic heterocycles. The van der Waals surface area contributed by atoms with E-state index in [-0.39, 0.29) is 0 Å². The summed E-state index contributed by atoms with van der Waals surface area (Å²) in [6, 6.07) is 14.6. The summed E-state index contributed by atoms with van der Waals surface area (Å²) in [7, 11) is 0. The average molecular weight is 424 g/mol. The van der Waals surface area contributed by atoms with E-state index >= 15 is 0 Å². The van der Waals surface area contributed by atoms with Gasteiger partial charge in [0.1, 0.15) is 0 Å². The van der Waals surface area contributed by atoms with Gasteiger partial charge in [0.15, 0.2) is 0 Å². The lowest BCUT2D eigenvalue weighted by Crippen LogP contribution is -2.32. The summed E-state index contributed by atoms with van der Waals surface area (Å²) in [6.07, 6.45) is 10.3. The summed E-state index contributed by atoms with van der Waals surface area (Å²) in [5, 5.41) is 4.01. The van der Waals surface area contributed by atoms with Gasteiger partial charge in [-0.1, -0.05) is 29.3 Å². The van der Waals surface area contributed by atoms with Crippen molar-refractivity contribution in [1.82, 2.24) is 14.9 Å². The predicted molar refractivity (Wildman–Crippen MR) is 124 cm³/mol. The van der Waals surface area contributed by atoms with Crippen molar-refractivity contribution in [3.05, 3.63) is 76.5 Å². The maximum Gasteiger partial charge on any atom is 0.0461 e. The standard InChI is InChI=1S/C16H17ClN2.C8H6ClN/c17-12-3-4-16-14(9-12)15(10-18-16)11-5-7-19-6-1-2-13(19)8-11;9-7-1-2-8-6(5-7)3-4-10-8/h3-5,9-10,13,18H,1-2,6-8H2;1-5,10H. The van der Waals surface area contributed by atoms with Gasteiger partial charge in [0, 0.05) is 62.4 Å². The van der Waals surface area contributed by atoms with Gasteiger partial charge >= 0.3 is 0 Å². The zero-order valence-electron chi connectivity index (χ0n) is 16.1. The molecule has 148 valence electrons. The third-order valence-electron chi connectivity index (χ3n) is 6.03. The van der Waals surface area contributed by atoms with E-state index in [1.807, 2.05) is 36.5 Å². The van der Waals surface area contributed by atoms with Crippen LogP contribution < -0.4 is 0 Å². The minimum absolute atomic E-state index is 0.754. The molecule has 2 N–H and O–H groups in total. The van der Waals surface area contributed by atoms with Crippen LogP contribution in [0.4, 0.5) is 0 Å². The Labute approximate surface area is 180 Å². The van der Waals surface area contributed by atoms with Crippen LogP contribution in [-0.2, 0) is 0 Å². The first-order chi connectivity index (χ1) is 14.2. The van der Waals surface area contributed by atoms with E-state index in [1.54, 1.807) is 0 Å². The number of hydrogen-bond donors (Lipinski definition) is 2. The molecule has 4 heterocycles. The van der Waals surface area contributed by atoms with Gasteiger partial charge in [-0.2, -0.15) is 0 Å². The third-order valence-corrected chi connectivity index (χ3v) is 6.50. The Bertz CT molecular complexity index is 1190. The second-order valence-corrected chi connectivity index (χ2v) is 8.70. The number of aromatic nitrogens is 2. The minimum Gasteiger partial charge on any atom is -0.361 e. The number of benzene rings is 2. The van der Waals surface area contributed by atoms with Crippen molar-refractivity contribution in [2.75, 3.05) is 13.1 Å². The Hall–Kier alpha value is -2.20. The van der Waals surface area contributed by atoms with Crippen molar-refractivity contribution >= 4 is 50.6 Å². The van der Waals surface area contributed by atoms with Crippen LogP contribution in [-0.4, -0.2) is 34.0 Å². The highest BCUT2D eigenvalue weighted by atomic mass is 35.5. The van der Waals surface area contributed by atoms with Crippen molar-refractivity contribution in [3.63, 3.8) is 0 Å². The van der Waals surface area contributed by atoms with Crippen LogP contribution in [0.5, 0.6) is 0 Å². The lowest BCUT2D eigenvalue weighted by molar-refractivity contribution is 0.275. The number of nitrogens with one attached hydrogen (secondary N) is 2. The van der Waals surface area contributed by atoms with Gasteiger partial charge in [0.2, 0.25) is 0 Å². The largest absolute Gasteiger partial charge is 0.361 e. The van der Waals surface area contributed by atoms with E-state index in [9.17, 15) is 0 Å². The molecule has 0 spiro atoms. The van der Waals surface area contributed by atoms with E-state index in [4.69, 9.17) is 23.2 Å². The summed E-state index contributed by atoms with van der Waals surface area (Å²) in [6.45, 7) is 2.38. The lowest BCUT2D eigenvalue weighted by atomic mass is 9.94. The summed E-state index contributed by atoms with van der Waals surface area (Å²) >= 11 is 11.9. The van der Waals surface area contributed by atoms with Crippen molar-refractivity contribution < 1.29 is 0 Å². The molecule has 3 nitrogen and oxygen atoms in total. The molecule has 0 saturated carbocycles. The van der Waals surface area contributed by atoms with Gasteiger partial charge < -0.3 is 9.97 Å². The molecule has 0 bridgehead atoms. The van der Waals surface area contributed by atoms with E-state index in [1.165, 1.54) is 47.8 Å². The van der Waals surface area contributed by atoms with E-state index in [0.29, 0.717) is 0 Å². The fourth-order valence-electron chi connectivity index (χ4n) is 4.53. The molecule has 1 saturated heterocycles. The predicted octanol–water partition coefficient (Wildman–Crippen LogP) is 6.89. The number of rotatable bonds is 1. The molecule has 0 aliphatic carbocycles. The molecule has 5 heteroatoms. The quantitative estimate of drug-likeness (QED) is 0.343. The van der Waals surface area contributed by atoms with Crippen molar-refractivity contribution in [3.8, 4) is 0 Å². The number of fused-ring (bicyclic) bond motifs is 3. The number of H-pyrrole nitrogens is 2. The Morgan fingerprint density at radius 3 is 2.66 bits per heavy atom. The molecule has 0 radical (unpaired) electrons. The van der Waals surface area contributed by atoms with Crippen molar-refractivity contribution in [2.24, 2.45) is 0 Å². The highest BCUT2D eigenvalue weighted by molar-refractivity contribution is 6.31. The smallest absolute Gasteiger partial charge is 0.0461 e. The molecule has 2 aromatic carbocycles. The van der Waals surface area contributed by atoms with Gasteiger partial charge in [0.25, 0.3) is 0 Å². The van der Waals surface area contributed by atoms with Gasteiger partial charge in [0.05, 0.1) is 0 Å². The van der Waals surface area contributed by atoms with Crippen LogP contribution in [0, 0.1) is 0 Å². The van der Waals surface area contributed by atoms with E-state index < -0.39 is 0 Å². The molecule has 1 unspecified atom stereocenters. The van der Waals surface area contributed by atoms with Crippen LogP contribution in [0.25, 0.3) is 27.4 Å². The molecule has 2 aromatic heterocycles. The number of aromatic amines is 2. The monoisotopic (exact) mass is 423 g/mol. The Morgan fingerprint density at radius 1 is 0.931 bits per heavy atom. The number of nitrogens with zero attached hydrogens (tertiary/aromatic N) is 1. The number of hydrogen-bond acceptors (Lipinski definition) is 1. The zero-order valence-corrected chi connectivity index (χ0v) is 17.6. The summed E-state index contributed by atoms with van der Waals surface area (Å²) in [5.41, 5.74) is 5.12. The highest BCUT2D eigenvalue weighted by Gasteiger charge is 2.28. The van der Waals surface area contributed by atoms with E-state index in [0.717, 1.165) is 33.5 Å². The molecule has 2 aliphatic rings. The average Bonchev–Trinajstić information content (AvgIpc) is 3.46. The summed E-state index contributed by atoms with van der Waals surface area (Å²) in [5.74, 6) is 0. The van der Waals surface area contributed by atoms with Crippen molar-refractivity contribution in [2.45, 2.75) is 25.3 Å². The summed E-state index contributed by atoms with van der Waals surface area (Å²) < 4.78 is 0. The maximum atomic E-state index is 6.13. The van der Waals surface area contributed by atoms with Crippen LogP contribution in [0.1, 0.15) is 24.8 Å². The fraction of sp³-hybridized carbons (Fsp3) is 0.250. The first kappa shape index (κ1) is 18.8. The van der Waals surface area contributed by atoms with Gasteiger partial charge in [-0.15, -0.1) is 0 Å². The fourth-order valence-corrected chi connectivity index (χ4v) is 4.89. The normalized spacial score (nSPS) is 19.1. The molecule has 6 rings (SSSR count). The second-order valence-electron chi connectivity index (χ2n) is 7.83. The molecule has 4 aromatic rings. The Balaban J connectivity index is 0.000000153. The van der Waals surface area contributed by atoms with Gasteiger partial charge in [-0.3, -0.25) is 4.90 Å². The first-order valence-electron chi connectivity index (χ1n) is 10.1. The SMILES string of the molecule is Clc1ccc2[nH]cc(C3=CCN4CCCC4C3)c2c1.Clc1ccc2[nH]ccc2c1. The van der Waals surface area contributed by atoms with Crippen LogP contribution in [0.15, 0.2) is 60.9 Å². The molecule has 1 fully saturated rings. The molecule has 29 heavy (non-hydrogen) atoms. The van der Waals surface area contributed by atoms with Crippen LogP contribution in [0.2, 0.25) is 10.0 Å². The number of halogens is 2.